The van der Waals surface area contributed by atoms with Crippen LogP contribution in [0, 0.1) is 5.41 Å². The molecule has 1 aromatic rings. The predicted octanol–water partition coefficient (Wildman–Crippen LogP) is 0.639. The van der Waals surface area contributed by atoms with Crippen LogP contribution in [0.2, 0.25) is 0 Å². The summed E-state index contributed by atoms with van der Waals surface area (Å²) in [6.45, 7) is 6.11. The standard InChI is InChI=1S/C11H18N4O/c1-8(9-6-13-4-5-14-9)15-7-11(2,3)10(12)16/h4-6,8,15H,7H2,1-3H3,(H2,12,16). The summed E-state index contributed by atoms with van der Waals surface area (Å²) in [6.07, 6.45) is 4.98. The maximum absolute atomic E-state index is 11.1. The molecule has 1 aromatic heterocycles. The number of aromatic nitrogens is 2. The summed E-state index contributed by atoms with van der Waals surface area (Å²) < 4.78 is 0. The SMILES string of the molecule is CC(NCC(C)(C)C(N)=O)c1cnccn1. The molecule has 16 heavy (non-hydrogen) atoms. The average molecular weight is 222 g/mol. The van der Waals surface area contributed by atoms with Crippen LogP contribution in [0.3, 0.4) is 0 Å². The Labute approximate surface area is 95.5 Å². The quantitative estimate of drug-likeness (QED) is 0.766. The van der Waals surface area contributed by atoms with Crippen LogP contribution in [-0.4, -0.2) is 22.4 Å². The van der Waals surface area contributed by atoms with Gasteiger partial charge >= 0.3 is 0 Å². The smallest absolute Gasteiger partial charge is 0.224 e. The fourth-order valence-corrected chi connectivity index (χ4v) is 1.13. The van der Waals surface area contributed by atoms with E-state index >= 15 is 0 Å². The van der Waals surface area contributed by atoms with Gasteiger partial charge < -0.3 is 11.1 Å². The third-order valence-corrected chi connectivity index (χ3v) is 2.54. The Morgan fingerprint density at radius 1 is 1.56 bits per heavy atom. The summed E-state index contributed by atoms with van der Waals surface area (Å²) in [4.78, 5) is 19.3. The molecular weight excluding hydrogens is 204 g/mol. The normalized spacial score (nSPS) is 13.4. The first-order valence-corrected chi connectivity index (χ1v) is 5.22. The molecule has 1 amide bonds. The van der Waals surface area contributed by atoms with Gasteiger partial charge in [0, 0.05) is 31.2 Å². The molecule has 0 radical (unpaired) electrons. The van der Waals surface area contributed by atoms with E-state index in [0.29, 0.717) is 6.54 Å². The molecule has 0 aliphatic carbocycles. The van der Waals surface area contributed by atoms with E-state index < -0.39 is 5.41 Å². The number of primary amides is 1. The second-order valence-electron chi connectivity index (χ2n) is 4.48. The first-order valence-electron chi connectivity index (χ1n) is 5.22. The van der Waals surface area contributed by atoms with Crippen molar-refractivity contribution in [3.05, 3.63) is 24.3 Å². The number of nitrogens with one attached hydrogen (secondary N) is 1. The largest absolute Gasteiger partial charge is 0.369 e. The molecular formula is C11H18N4O. The van der Waals surface area contributed by atoms with E-state index in [1.165, 1.54) is 0 Å². The monoisotopic (exact) mass is 222 g/mol. The molecule has 0 aromatic carbocycles. The van der Waals surface area contributed by atoms with Crippen LogP contribution in [0.15, 0.2) is 18.6 Å². The molecule has 5 nitrogen and oxygen atoms in total. The second-order valence-corrected chi connectivity index (χ2v) is 4.48. The Morgan fingerprint density at radius 3 is 2.75 bits per heavy atom. The highest BCUT2D eigenvalue weighted by molar-refractivity contribution is 5.80. The minimum Gasteiger partial charge on any atom is -0.369 e. The molecule has 1 atom stereocenters. The van der Waals surface area contributed by atoms with E-state index in [-0.39, 0.29) is 11.9 Å². The molecule has 0 spiro atoms. The van der Waals surface area contributed by atoms with Crippen molar-refractivity contribution in [2.24, 2.45) is 11.1 Å². The van der Waals surface area contributed by atoms with Gasteiger partial charge in [-0.2, -0.15) is 0 Å². The van der Waals surface area contributed by atoms with Crippen LogP contribution in [0.4, 0.5) is 0 Å². The minimum atomic E-state index is -0.559. The van der Waals surface area contributed by atoms with E-state index in [2.05, 4.69) is 15.3 Å². The molecule has 0 bridgehead atoms. The van der Waals surface area contributed by atoms with Gasteiger partial charge in [-0.3, -0.25) is 14.8 Å². The van der Waals surface area contributed by atoms with Crippen molar-refractivity contribution >= 4 is 5.91 Å². The topological polar surface area (TPSA) is 80.9 Å². The van der Waals surface area contributed by atoms with Crippen LogP contribution < -0.4 is 11.1 Å². The van der Waals surface area contributed by atoms with Crippen LogP contribution in [0.1, 0.15) is 32.5 Å². The van der Waals surface area contributed by atoms with E-state index in [1.54, 1.807) is 18.6 Å². The predicted molar refractivity (Wildman–Crippen MR) is 61.4 cm³/mol. The Bertz CT molecular complexity index is 350. The zero-order chi connectivity index (χ0) is 12.2. The fourth-order valence-electron chi connectivity index (χ4n) is 1.13. The van der Waals surface area contributed by atoms with Crippen LogP contribution >= 0.6 is 0 Å². The summed E-state index contributed by atoms with van der Waals surface area (Å²) >= 11 is 0. The van der Waals surface area contributed by atoms with Crippen molar-refractivity contribution in [2.45, 2.75) is 26.8 Å². The van der Waals surface area contributed by atoms with Crippen molar-refractivity contribution < 1.29 is 4.79 Å². The van der Waals surface area contributed by atoms with Crippen LogP contribution in [0.5, 0.6) is 0 Å². The lowest BCUT2D eigenvalue weighted by molar-refractivity contribution is -0.125. The first kappa shape index (κ1) is 12.6. The molecule has 1 rings (SSSR count). The van der Waals surface area contributed by atoms with Gasteiger partial charge in [-0.25, -0.2) is 0 Å². The van der Waals surface area contributed by atoms with Gasteiger partial charge in [-0.1, -0.05) is 0 Å². The van der Waals surface area contributed by atoms with E-state index in [9.17, 15) is 4.79 Å². The van der Waals surface area contributed by atoms with E-state index in [0.717, 1.165) is 5.69 Å². The maximum atomic E-state index is 11.1. The molecule has 0 aliphatic rings. The van der Waals surface area contributed by atoms with Gasteiger partial charge in [0.05, 0.1) is 11.1 Å². The Kier molecular flexibility index (Phi) is 3.95. The number of rotatable bonds is 5. The summed E-state index contributed by atoms with van der Waals surface area (Å²) in [7, 11) is 0. The van der Waals surface area contributed by atoms with E-state index in [4.69, 9.17) is 5.73 Å². The first-order chi connectivity index (χ1) is 7.43. The van der Waals surface area contributed by atoms with Gasteiger partial charge in [0.1, 0.15) is 0 Å². The van der Waals surface area contributed by atoms with Gasteiger partial charge in [0.2, 0.25) is 5.91 Å². The van der Waals surface area contributed by atoms with Crippen molar-refractivity contribution in [2.75, 3.05) is 6.54 Å². The fraction of sp³-hybridized carbons (Fsp3) is 0.545. The zero-order valence-electron chi connectivity index (χ0n) is 9.90. The molecule has 5 heteroatoms. The van der Waals surface area contributed by atoms with Crippen molar-refractivity contribution in [3.63, 3.8) is 0 Å². The van der Waals surface area contributed by atoms with Crippen molar-refractivity contribution in [1.82, 2.24) is 15.3 Å². The Morgan fingerprint density at radius 2 is 2.25 bits per heavy atom. The molecule has 3 N–H and O–H groups in total. The number of hydrogen-bond donors (Lipinski definition) is 2. The highest BCUT2D eigenvalue weighted by Crippen LogP contribution is 2.15. The molecule has 1 heterocycles. The summed E-state index contributed by atoms with van der Waals surface area (Å²) in [6, 6.07) is 0.0484. The molecule has 88 valence electrons. The minimum absolute atomic E-state index is 0.0484. The molecule has 0 aliphatic heterocycles. The van der Waals surface area contributed by atoms with Crippen molar-refractivity contribution in [1.29, 1.82) is 0 Å². The van der Waals surface area contributed by atoms with Crippen LogP contribution in [0.25, 0.3) is 0 Å². The lowest BCUT2D eigenvalue weighted by atomic mass is 9.92. The maximum Gasteiger partial charge on any atom is 0.224 e. The number of carbonyl (C=O) groups excluding carboxylic acids is 1. The number of hydrogen-bond acceptors (Lipinski definition) is 4. The lowest BCUT2D eigenvalue weighted by Crippen LogP contribution is -2.41. The Hall–Kier alpha value is -1.49. The summed E-state index contributed by atoms with van der Waals surface area (Å²) in [5.74, 6) is -0.314. The second kappa shape index (κ2) is 5.03. The van der Waals surface area contributed by atoms with Gasteiger partial charge in [0.25, 0.3) is 0 Å². The molecule has 1 unspecified atom stereocenters. The van der Waals surface area contributed by atoms with Gasteiger partial charge in [-0.05, 0) is 20.8 Å². The summed E-state index contributed by atoms with van der Waals surface area (Å²) in [5.41, 5.74) is 5.58. The molecule has 0 saturated heterocycles. The average Bonchev–Trinajstić information content (AvgIpc) is 2.27. The van der Waals surface area contributed by atoms with Gasteiger partial charge in [0.15, 0.2) is 0 Å². The number of nitrogens with two attached hydrogens (primary N) is 1. The third kappa shape index (κ3) is 3.27. The number of carbonyl (C=O) groups is 1. The zero-order valence-corrected chi connectivity index (χ0v) is 9.90. The van der Waals surface area contributed by atoms with Gasteiger partial charge in [-0.15, -0.1) is 0 Å². The number of nitrogens with zero attached hydrogens (tertiary/aromatic N) is 2. The Balaban J connectivity index is 2.54. The molecule has 0 fully saturated rings. The highest BCUT2D eigenvalue weighted by Gasteiger charge is 2.25. The van der Waals surface area contributed by atoms with E-state index in [1.807, 2.05) is 20.8 Å². The molecule has 0 saturated carbocycles. The lowest BCUT2D eigenvalue weighted by Gasteiger charge is -2.23. The number of amides is 1. The van der Waals surface area contributed by atoms with Crippen molar-refractivity contribution in [3.8, 4) is 0 Å². The third-order valence-electron chi connectivity index (χ3n) is 2.54. The summed E-state index contributed by atoms with van der Waals surface area (Å²) in [5, 5.41) is 3.22. The van der Waals surface area contributed by atoms with Crippen LogP contribution in [-0.2, 0) is 4.79 Å². The highest BCUT2D eigenvalue weighted by atomic mass is 16.1.